The molecule has 1 rings (SSSR count). The minimum atomic E-state index is -4.92. The van der Waals surface area contributed by atoms with Crippen LogP contribution in [-0.4, -0.2) is 15.7 Å². The highest BCUT2D eigenvalue weighted by atomic mass is 35.5. The molecule has 0 radical (unpaired) electrons. The molecule has 0 aliphatic heterocycles. The van der Waals surface area contributed by atoms with Gasteiger partial charge in [-0.15, -0.1) is 0 Å². The van der Waals surface area contributed by atoms with Gasteiger partial charge in [0.05, 0.1) is 0 Å². The molecule has 18 heavy (non-hydrogen) atoms. The van der Waals surface area contributed by atoms with Crippen LogP contribution in [-0.2, 0) is 13.9 Å². The van der Waals surface area contributed by atoms with Crippen LogP contribution in [0.2, 0.25) is 0 Å². The third-order valence-corrected chi connectivity index (χ3v) is 2.38. The SMILES string of the molecule is O=C(Nc1ccccc1)C(OP(=O)(O)O)=C(Cl)Cl. The van der Waals surface area contributed by atoms with Gasteiger partial charge in [0.2, 0.25) is 5.76 Å². The van der Waals surface area contributed by atoms with Crippen molar-refractivity contribution in [2.75, 3.05) is 5.32 Å². The van der Waals surface area contributed by atoms with E-state index in [1.54, 1.807) is 30.3 Å². The first-order valence-electron chi connectivity index (χ1n) is 4.46. The number of amides is 1. The lowest BCUT2D eigenvalue weighted by Gasteiger charge is -2.11. The molecule has 3 N–H and O–H groups in total. The molecular formula is C9H8Cl2NO5P. The van der Waals surface area contributed by atoms with E-state index in [1.807, 2.05) is 0 Å². The van der Waals surface area contributed by atoms with Crippen molar-refractivity contribution in [1.29, 1.82) is 0 Å². The van der Waals surface area contributed by atoms with Gasteiger partial charge in [0.15, 0.2) is 4.49 Å². The summed E-state index contributed by atoms with van der Waals surface area (Å²) in [4.78, 5) is 28.8. The lowest BCUT2D eigenvalue weighted by Crippen LogP contribution is -2.16. The predicted molar refractivity (Wildman–Crippen MR) is 66.9 cm³/mol. The summed E-state index contributed by atoms with van der Waals surface area (Å²) in [6, 6.07) is 8.17. The van der Waals surface area contributed by atoms with Crippen molar-refractivity contribution >= 4 is 42.6 Å². The zero-order valence-corrected chi connectivity index (χ0v) is 11.1. The molecule has 1 aromatic rings. The van der Waals surface area contributed by atoms with Gasteiger partial charge in [0, 0.05) is 5.69 Å². The highest BCUT2D eigenvalue weighted by molar-refractivity contribution is 7.46. The van der Waals surface area contributed by atoms with Gasteiger partial charge in [0.25, 0.3) is 5.91 Å². The first-order valence-corrected chi connectivity index (χ1v) is 6.75. The fourth-order valence-electron chi connectivity index (χ4n) is 0.990. The lowest BCUT2D eigenvalue weighted by atomic mass is 10.3. The van der Waals surface area contributed by atoms with E-state index in [1.165, 1.54) is 0 Å². The number of nitrogens with one attached hydrogen (secondary N) is 1. The number of carbonyl (C=O) groups is 1. The van der Waals surface area contributed by atoms with E-state index < -0.39 is 24.0 Å². The fraction of sp³-hybridized carbons (Fsp3) is 0. The number of rotatable bonds is 4. The number of para-hydroxylation sites is 1. The number of halogens is 2. The zero-order valence-electron chi connectivity index (χ0n) is 8.71. The Labute approximate surface area is 112 Å². The minimum Gasteiger partial charge on any atom is -0.396 e. The molecule has 0 atom stereocenters. The van der Waals surface area contributed by atoms with Crippen molar-refractivity contribution in [3.05, 3.63) is 40.6 Å². The Kier molecular flexibility index (Phi) is 5.19. The van der Waals surface area contributed by atoms with Crippen LogP contribution in [0, 0.1) is 0 Å². The van der Waals surface area contributed by atoms with E-state index in [-0.39, 0.29) is 0 Å². The maximum Gasteiger partial charge on any atom is 0.525 e. The molecule has 0 fully saturated rings. The number of phosphoric acid groups is 1. The fourth-order valence-corrected chi connectivity index (χ4v) is 1.76. The van der Waals surface area contributed by atoms with Crippen molar-refractivity contribution in [3.63, 3.8) is 0 Å². The van der Waals surface area contributed by atoms with Crippen molar-refractivity contribution in [1.82, 2.24) is 0 Å². The molecular weight excluding hydrogens is 304 g/mol. The molecule has 0 heterocycles. The Morgan fingerprint density at radius 2 is 1.78 bits per heavy atom. The number of phosphoric ester groups is 1. The van der Waals surface area contributed by atoms with Crippen LogP contribution in [0.15, 0.2) is 40.6 Å². The van der Waals surface area contributed by atoms with Gasteiger partial charge >= 0.3 is 7.82 Å². The minimum absolute atomic E-state index is 0.392. The van der Waals surface area contributed by atoms with Crippen LogP contribution in [0.5, 0.6) is 0 Å². The molecule has 1 aromatic carbocycles. The van der Waals surface area contributed by atoms with Crippen molar-refractivity contribution in [3.8, 4) is 0 Å². The van der Waals surface area contributed by atoms with Gasteiger partial charge in [-0.25, -0.2) is 4.57 Å². The first-order chi connectivity index (χ1) is 8.29. The van der Waals surface area contributed by atoms with Crippen molar-refractivity contribution in [2.45, 2.75) is 0 Å². The summed E-state index contributed by atoms with van der Waals surface area (Å²) in [5, 5.41) is 2.31. The number of hydrogen-bond acceptors (Lipinski definition) is 3. The highest BCUT2D eigenvalue weighted by Gasteiger charge is 2.25. The van der Waals surface area contributed by atoms with E-state index in [4.69, 9.17) is 33.0 Å². The van der Waals surface area contributed by atoms with E-state index in [2.05, 4.69) is 9.84 Å². The standard InChI is InChI=1S/C9H8Cl2NO5P/c10-8(11)7(17-18(14,15)16)9(13)12-6-4-2-1-3-5-6/h1-5H,(H,12,13)(H2,14,15,16). The number of benzene rings is 1. The molecule has 0 aliphatic rings. The highest BCUT2D eigenvalue weighted by Crippen LogP contribution is 2.40. The molecule has 0 bridgehead atoms. The molecule has 98 valence electrons. The summed E-state index contributed by atoms with van der Waals surface area (Å²) in [6.07, 6.45) is 0. The average Bonchev–Trinajstić information content (AvgIpc) is 2.25. The molecule has 0 aliphatic carbocycles. The summed E-state index contributed by atoms with van der Waals surface area (Å²) >= 11 is 10.7. The maximum absolute atomic E-state index is 11.6. The van der Waals surface area contributed by atoms with Crippen LogP contribution >= 0.6 is 31.0 Å². The molecule has 6 nitrogen and oxygen atoms in total. The monoisotopic (exact) mass is 311 g/mol. The van der Waals surface area contributed by atoms with Crippen LogP contribution in [0.4, 0.5) is 5.69 Å². The molecule has 0 saturated heterocycles. The Morgan fingerprint density at radius 1 is 1.22 bits per heavy atom. The Bertz CT molecular complexity index is 509. The number of anilines is 1. The summed E-state index contributed by atoms with van der Waals surface area (Å²) in [5.41, 5.74) is 0.392. The van der Waals surface area contributed by atoms with Gasteiger partial charge in [-0.1, -0.05) is 41.4 Å². The van der Waals surface area contributed by atoms with Crippen molar-refractivity contribution in [2.24, 2.45) is 0 Å². The van der Waals surface area contributed by atoms with Gasteiger partial charge in [-0.2, -0.15) is 0 Å². The van der Waals surface area contributed by atoms with Gasteiger partial charge in [-0.3, -0.25) is 14.6 Å². The van der Waals surface area contributed by atoms with E-state index in [0.717, 1.165) is 0 Å². The first kappa shape index (κ1) is 15.0. The largest absolute Gasteiger partial charge is 0.525 e. The summed E-state index contributed by atoms with van der Waals surface area (Å²) in [6.45, 7) is 0. The normalized spacial score (nSPS) is 10.7. The third kappa shape index (κ3) is 5.08. The molecule has 9 heteroatoms. The molecule has 0 saturated carbocycles. The zero-order chi connectivity index (χ0) is 13.8. The second kappa shape index (κ2) is 6.22. The number of carbonyl (C=O) groups excluding carboxylic acids is 1. The molecule has 1 amide bonds. The predicted octanol–water partition coefficient (Wildman–Crippen LogP) is 2.38. The quantitative estimate of drug-likeness (QED) is 0.451. The van der Waals surface area contributed by atoms with Gasteiger partial charge < -0.3 is 9.84 Å². The van der Waals surface area contributed by atoms with Crippen LogP contribution < -0.4 is 5.32 Å². The summed E-state index contributed by atoms with van der Waals surface area (Å²) in [7, 11) is -4.92. The average molecular weight is 312 g/mol. The topological polar surface area (TPSA) is 95.9 Å². The molecule has 0 aromatic heterocycles. The van der Waals surface area contributed by atoms with E-state index in [0.29, 0.717) is 5.69 Å². The van der Waals surface area contributed by atoms with Gasteiger partial charge in [0.1, 0.15) is 0 Å². The smallest absolute Gasteiger partial charge is 0.396 e. The van der Waals surface area contributed by atoms with E-state index >= 15 is 0 Å². The summed E-state index contributed by atoms with van der Waals surface area (Å²) in [5.74, 6) is -1.82. The lowest BCUT2D eigenvalue weighted by molar-refractivity contribution is -0.115. The Morgan fingerprint density at radius 3 is 2.22 bits per heavy atom. The number of hydrogen-bond donors (Lipinski definition) is 3. The molecule has 0 unspecified atom stereocenters. The second-order valence-corrected chi connectivity index (χ2v) is 5.10. The Hall–Kier alpha value is -1.04. The van der Waals surface area contributed by atoms with Crippen LogP contribution in [0.3, 0.4) is 0 Å². The second-order valence-electron chi connectivity index (χ2n) is 2.99. The van der Waals surface area contributed by atoms with Crippen LogP contribution in [0.25, 0.3) is 0 Å². The Balaban J connectivity index is 2.87. The maximum atomic E-state index is 11.6. The van der Waals surface area contributed by atoms with Crippen molar-refractivity contribution < 1.29 is 23.7 Å². The molecule has 0 spiro atoms. The summed E-state index contributed by atoms with van der Waals surface area (Å²) < 4.78 is 14.1. The third-order valence-electron chi connectivity index (χ3n) is 1.62. The van der Waals surface area contributed by atoms with Gasteiger partial charge in [-0.05, 0) is 12.1 Å². The van der Waals surface area contributed by atoms with Crippen LogP contribution in [0.1, 0.15) is 0 Å². The van der Waals surface area contributed by atoms with E-state index in [9.17, 15) is 9.36 Å².